The van der Waals surface area contributed by atoms with Gasteiger partial charge >= 0.3 is 0 Å². The highest BCUT2D eigenvalue weighted by Gasteiger charge is 2.03. The zero-order valence-electron chi connectivity index (χ0n) is 13.5. The molecule has 1 aromatic heterocycles. The van der Waals surface area contributed by atoms with Crippen LogP contribution in [0.1, 0.15) is 19.4 Å². The van der Waals surface area contributed by atoms with Crippen molar-refractivity contribution in [1.29, 1.82) is 0 Å². The number of pyridine rings is 1. The number of nitrogens with zero attached hydrogens (tertiary/aromatic N) is 3. The minimum absolute atomic E-state index is 0.654. The molecule has 0 radical (unpaired) electrons. The van der Waals surface area contributed by atoms with Gasteiger partial charge in [0.1, 0.15) is 5.82 Å². The Morgan fingerprint density at radius 1 is 1.29 bits per heavy atom. The van der Waals surface area contributed by atoms with Crippen LogP contribution in [0.15, 0.2) is 23.3 Å². The van der Waals surface area contributed by atoms with Crippen LogP contribution in [0.2, 0.25) is 0 Å². The van der Waals surface area contributed by atoms with Crippen molar-refractivity contribution in [2.45, 2.75) is 20.4 Å². The van der Waals surface area contributed by atoms with Gasteiger partial charge in [0.15, 0.2) is 5.96 Å². The van der Waals surface area contributed by atoms with Crippen LogP contribution in [0.4, 0.5) is 5.82 Å². The number of aromatic nitrogens is 1. The van der Waals surface area contributed by atoms with Gasteiger partial charge in [0.2, 0.25) is 0 Å². The molecule has 0 fully saturated rings. The summed E-state index contributed by atoms with van der Waals surface area (Å²) in [5.74, 6) is 1.78. The molecule has 0 unspecified atom stereocenters. The summed E-state index contributed by atoms with van der Waals surface area (Å²) in [4.78, 5) is 10.9. The third-order valence-electron chi connectivity index (χ3n) is 3.18. The molecule has 0 bridgehead atoms. The molecule has 0 spiro atoms. The fourth-order valence-electron chi connectivity index (χ4n) is 1.93. The Bertz CT molecular complexity index is 415. The van der Waals surface area contributed by atoms with E-state index < -0.39 is 0 Å². The maximum atomic E-state index is 5.00. The zero-order chi connectivity index (χ0) is 15.5. The minimum Gasteiger partial charge on any atom is -0.383 e. The summed E-state index contributed by atoms with van der Waals surface area (Å²) in [7, 11) is 3.44. The van der Waals surface area contributed by atoms with Crippen LogP contribution in [-0.2, 0) is 11.3 Å². The molecule has 1 heterocycles. The minimum atomic E-state index is 0.654. The Morgan fingerprint density at radius 3 is 2.57 bits per heavy atom. The second-order valence-electron chi connectivity index (χ2n) is 4.54. The zero-order valence-corrected chi connectivity index (χ0v) is 13.5. The van der Waals surface area contributed by atoms with Crippen molar-refractivity contribution in [1.82, 2.24) is 15.6 Å². The van der Waals surface area contributed by atoms with Crippen molar-refractivity contribution >= 4 is 11.8 Å². The molecule has 6 heteroatoms. The van der Waals surface area contributed by atoms with Crippen LogP contribution in [0.5, 0.6) is 0 Å². The van der Waals surface area contributed by atoms with E-state index in [0.717, 1.165) is 37.0 Å². The van der Waals surface area contributed by atoms with Crippen LogP contribution in [0.3, 0.4) is 0 Å². The van der Waals surface area contributed by atoms with Crippen molar-refractivity contribution in [3.8, 4) is 0 Å². The molecular weight excluding hydrogens is 266 g/mol. The van der Waals surface area contributed by atoms with Crippen LogP contribution in [-0.4, -0.2) is 51.3 Å². The summed E-state index contributed by atoms with van der Waals surface area (Å²) < 4.78 is 5.00. The predicted molar refractivity (Wildman–Crippen MR) is 87.9 cm³/mol. The Labute approximate surface area is 127 Å². The molecule has 6 nitrogen and oxygen atoms in total. The monoisotopic (exact) mass is 293 g/mol. The van der Waals surface area contributed by atoms with Gasteiger partial charge in [-0.1, -0.05) is 6.07 Å². The summed E-state index contributed by atoms with van der Waals surface area (Å²) >= 11 is 0. The second-order valence-corrected chi connectivity index (χ2v) is 4.54. The molecular formula is C15H27N5O. The largest absolute Gasteiger partial charge is 0.383 e. The number of aliphatic imine (C=N–C) groups is 1. The highest BCUT2D eigenvalue weighted by atomic mass is 16.5. The van der Waals surface area contributed by atoms with Crippen molar-refractivity contribution in [2.24, 2.45) is 4.99 Å². The molecule has 1 rings (SSSR count). The maximum Gasteiger partial charge on any atom is 0.191 e. The number of anilines is 1. The molecule has 0 aliphatic carbocycles. The highest BCUT2D eigenvalue weighted by Crippen LogP contribution is 2.10. The average molecular weight is 293 g/mol. The van der Waals surface area contributed by atoms with E-state index in [0.29, 0.717) is 13.2 Å². The number of nitrogens with one attached hydrogen (secondary N) is 2. The van der Waals surface area contributed by atoms with Gasteiger partial charge in [-0.25, -0.2) is 4.98 Å². The van der Waals surface area contributed by atoms with Crippen molar-refractivity contribution in [3.05, 3.63) is 23.9 Å². The molecule has 21 heavy (non-hydrogen) atoms. The van der Waals surface area contributed by atoms with Crippen LogP contribution < -0.4 is 15.5 Å². The highest BCUT2D eigenvalue weighted by molar-refractivity contribution is 5.79. The van der Waals surface area contributed by atoms with E-state index in [-0.39, 0.29) is 0 Å². The van der Waals surface area contributed by atoms with E-state index in [9.17, 15) is 0 Å². The van der Waals surface area contributed by atoms with E-state index in [1.165, 1.54) is 0 Å². The lowest BCUT2D eigenvalue weighted by Gasteiger charge is -2.19. The SMILES string of the molecule is CCN(CC)c1ccc(CNC(=NC)NCCOC)cn1. The fraction of sp³-hybridized carbons (Fsp3) is 0.600. The Kier molecular flexibility index (Phi) is 8.19. The Balaban J connectivity index is 2.48. The quantitative estimate of drug-likeness (QED) is 0.429. The van der Waals surface area contributed by atoms with Crippen LogP contribution >= 0.6 is 0 Å². The second kappa shape index (κ2) is 9.99. The number of hydrogen-bond donors (Lipinski definition) is 2. The standard InChI is InChI=1S/C15H27N5O/c1-5-20(6-2)14-8-7-13(11-18-14)12-19-15(16-3)17-9-10-21-4/h7-8,11H,5-6,9-10,12H2,1-4H3,(H2,16,17,19). The number of guanidine groups is 1. The Hall–Kier alpha value is -1.82. The third kappa shape index (κ3) is 5.99. The van der Waals surface area contributed by atoms with E-state index in [1.807, 2.05) is 6.20 Å². The van der Waals surface area contributed by atoms with Crippen molar-refractivity contribution < 1.29 is 4.74 Å². The average Bonchev–Trinajstić information content (AvgIpc) is 2.53. The lowest BCUT2D eigenvalue weighted by atomic mass is 10.2. The third-order valence-corrected chi connectivity index (χ3v) is 3.18. The van der Waals surface area contributed by atoms with Gasteiger partial charge in [-0.05, 0) is 25.5 Å². The van der Waals surface area contributed by atoms with E-state index in [4.69, 9.17) is 4.74 Å². The van der Waals surface area contributed by atoms with Gasteiger partial charge < -0.3 is 20.3 Å². The number of hydrogen-bond acceptors (Lipinski definition) is 4. The van der Waals surface area contributed by atoms with Gasteiger partial charge in [0.05, 0.1) is 6.61 Å². The molecule has 0 atom stereocenters. The number of ether oxygens (including phenoxy) is 1. The summed E-state index contributed by atoms with van der Waals surface area (Å²) in [5.41, 5.74) is 1.13. The van der Waals surface area contributed by atoms with Gasteiger partial charge in [-0.15, -0.1) is 0 Å². The van der Waals surface area contributed by atoms with E-state index in [1.54, 1.807) is 14.2 Å². The molecule has 0 saturated heterocycles. The predicted octanol–water partition coefficient (Wildman–Crippen LogP) is 1.24. The molecule has 0 amide bonds. The molecule has 118 valence electrons. The van der Waals surface area contributed by atoms with Gasteiger partial charge in [0, 0.05) is 46.5 Å². The molecule has 0 aliphatic rings. The fourth-order valence-corrected chi connectivity index (χ4v) is 1.93. The molecule has 2 N–H and O–H groups in total. The van der Waals surface area contributed by atoms with Gasteiger partial charge in [-0.2, -0.15) is 0 Å². The van der Waals surface area contributed by atoms with E-state index in [2.05, 4.69) is 51.5 Å². The summed E-state index contributed by atoms with van der Waals surface area (Å²) in [6.45, 7) is 8.29. The lowest BCUT2D eigenvalue weighted by Crippen LogP contribution is -2.38. The van der Waals surface area contributed by atoms with Crippen molar-refractivity contribution in [3.63, 3.8) is 0 Å². The topological polar surface area (TPSA) is 61.8 Å². The molecule has 0 aliphatic heterocycles. The lowest BCUT2D eigenvalue weighted by molar-refractivity contribution is 0.203. The summed E-state index contributed by atoms with van der Waals surface area (Å²) in [6.07, 6.45) is 1.91. The van der Waals surface area contributed by atoms with E-state index >= 15 is 0 Å². The first-order chi connectivity index (χ1) is 10.2. The number of methoxy groups -OCH3 is 1. The molecule has 0 aromatic carbocycles. The first-order valence-electron chi connectivity index (χ1n) is 7.38. The summed E-state index contributed by atoms with van der Waals surface area (Å²) in [5, 5.41) is 6.42. The van der Waals surface area contributed by atoms with Gasteiger partial charge in [-0.3, -0.25) is 4.99 Å². The smallest absolute Gasteiger partial charge is 0.191 e. The van der Waals surface area contributed by atoms with Gasteiger partial charge in [0.25, 0.3) is 0 Å². The number of rotatable bonds is 8. The van der Waals surface area contributed by atoms with Crippen molar-refractivity contribution in [2.75, 3.05) is 45.3 Å². The first-order valence-corrected chi connectivity index (χ1v) is 7.38. The summed E-state index contributed by atoms with van der Waals surface area (Å²) in [6, 6.07) is 4.15. The normalized spacial score (nSPS) is 11.3. The van der Waals surface area contributed by atoms with Crippen LogP contribution in [0.25, 0.3) is 0 Å². The Morgan fingerprint density at radius 2 is 2.05 bits per heavy atom. The van der Waals surface area contributed by atoms with Crippen LogP contribution in [0, 0.1) is 0 Å². The first kappa shape index (κ1) is 17.2. The molecule has 0 saturated carbocycles. The molecule has 1 aromatic rings. The maximum absolute atomic E-state index is 5.00.